The maximum absolute atomic E-state index is 10.7. The van der Waals surface area contributed by atoms with Crippen LogP contribution in [0.15, 0.2) is 0 Å². The molecular weight excluding hydrogens is 154 g/mol. The van der Waals surface area contributed by atoms with E-state index in [9.17, 15) is 4.79 Å². The Kier molecular flexibility index (Phi) is 6.94. The minimum atomic E-state index is -0.275. The van der Waals surface area contributed by atoms with E-state index < -0.39 is 0 Å². The maximum Gasteiger partial charge on any atom is 0.146 e. The van der Waals surface area contributed by atoms with Gasteiger partial charge in [-0.05, 0) is 26.3 Å². The van der Waals surface area contributed by atoms with Crippen LogP contribution in [0.3, 0.4) is 0 Å². The molecule has 0 rings (SSSR count). The van der Waals surface area contributed by atoms with Crippen molar-refractivity contribution >= 4 is 5.78 Å². The number of rotatable bonds is 7. The summed E-state index contributed by atoms with van der Waals surface area (Å²) in [7, 11) is 0. The van der Waals surface area contributed by atoms with Gasteiger partial charge in [-0.15, -0.1) is 0 Å². The first-order valence-electron chi connectivity index (χ1n) is 4.35. The van der Waals surface area contributed by atoms with E-state index in [-0.39, 0.29) is 11.8 Å². The van der Waals surface area contributed by atoms with Crippen LogP contribution in [0.1, 0.15) is 26.2 Å². The third kappa shape index (κ3) is 6.27. The van der Waals surface area contributed by atoms with Crippen LogP contribution in [0.2, 0.25) is 0 Å². The second-order valence-corrected chi connectivity index (χ2v) is 2.92. The molecule has 4 nitrogen and oxygen atoms in total. The van der Waals surface area contributed by atoms with Gasteiger partial charge >= 0.3 is 0 Å². The van der Waals surface area contributed by atoms with Gasteiger partial charge in [0, 0.05) is 6.67 Å². The van der Waals surface area contributed by atoms with E-state index in [1.807, 2.05) is 0 Å². The van der Waals surface area contributed by atoms with Crippen LogP contribution in [0.4, 0.5) is 0 Å². The van der Waals surface area contributed by atoms with Crippen molar-refractivity contribution in [2.45, 2.75) is 32.2 Å². The highest BCUT2D eigenvalue weighted by Crippen LogP contribution is 1.98. The molecule has 0 aromatic rings. The van der Waals surface area contributed by atoms with Gasteiger partial charge in [-0.3, -0.25) is 4.79 Å². The average molecular weight is 173 g/mol. The van der Waals surface area contributed by atoms with Crippen molar-refractivity contribution in [3.8, 4) is 0 Å². The van der Waals surface area contributed by atoms with E-state index in [0.29, 0.717) is 6.67 Å². The van der Waals surface area contributed by atoms with E-state index in [2.05, 4.69) is 5.32 Å². The molecule has 12 heavy (non-hydrogen) atoms. The number of ketones is 1. The number of carbonyl (C=O) groups excluding carboxylic acids is 1. The summed E-state index contributed by atoms with van der Waals surface area (Å²) in [6.07, 6.45) is 2.79. The van der Waals surface area contributed by atoms with Crippen molar-refractivity contribution in [3.05, 3.63) is 0 Å². The Morgan fingerprint density at radius 1 is 1.50 bits per heavy atom. The fourth-order valence-electron chi connectivity index (χ4n) is 0.920. The van der Waals surface area contributed by atoms with Gasteiger partial charge in [0.05, 0.1) is 6.04 Å². The molecule has 0 saturated heterocycles. The third-order valence-electron chi connectivity index (χ3n) is 1.79. The Balaban J connectivity index is 3.14. The van der Waals surface area contributed by atoms with Crippen LogP contribution >= 0.6 is 0 Å². The molecule has 1 unspecified atom stereocenters. The van der Waals surface area contributed by atoms with Crippen molar-refractivity contribution in [1.29, 1.82) is 0 Å². The lowest BCUT2D eigenvalue weighted by Crippen LogP contribution is -2.28. The van der Waals surface area contributed by atoms with Crippen LogP contribution < -0.4 is 16.8 Å². The molecule has 1 atom stereocenters. The summed E-state index contributed by atoms with van der Waals surface area (Å²) in [6.45, 7) is 2.95. The van der Waals surface area contributed by atoms with Gasteiger partial charge in [-0.1, -0.05) is 6.42 Å². The number of hydrogen-bond donors (Lipinski definition) is 3. The minimum absolute atomic E-state index is 0.0711. The highest BCUT2D eigenvalue weighted by molar-refractivity contribution is 5.80. The topological polar surface area (TPSA) is 81.1 Å². The highest BCUT2D eigenvalue weighted by Gasteiger charge is 2.05. The van der Waals surface area contributed by atoms with Gasteiger partial charge < -0.3 is 16.8 Å². The molecule has 0 bridgehead atoms. The first-order chi connectivity index (χ1) is 5.68. The van der Waals surface area contributed by atoms with Gasteiger partial charge in [0.15, 0.2) is 0 Å². The van der Waals surface area contributed by atoms with E-state index in [0.717, 1.165) is 25.8 Å². The van der Waals surface area contributed by atoms with Crippen molar-refractivity contribution in [2.24, 2.45) is 11.5 Å². The van der Waals surface area contributed by atoms with Crippen LogP contribution in [0, 0.1) is 0 Å². The molecule has 0 amide bonds. The Morgan fingerprint density at radius 2 is 2.17 bits per heavy atom. The summed E-state index contributed by atoms with van der Waals surface area (Å²) < 4.78 is 0. The number of nitrogens with two attached hydrogens (primary N) is 2. The van der Waals surface area contributed by atoms with Crippen molar-refractivity contribution < 1.29 is 4.79 Å². The fourth-order valence-corrected chi connectivity index (χ4v) is 0.920. The number of hydrogen-bond acceptors (Lipinski definition) is 4. The second-order valence-electron chi connectivity index (χ2n) is 2.92. The lowest BCUT2D eigenvalue weighted by Gasteiger charge is -2.06. The van der Waals surface area contributed by atoms with E-state index in [1.165, 1.54) is 6.92 Å². The molecule has 0 saturated carbocycles. The van der Waals surface area contributed by atoms with Crippen molar-refractivity contribution in [1.82, 2.24) is 5.32 Å². The number of Topliss-reactive ketones (excluding diaryl/α,β-unsaturated/α-hetero) is 1. The molecule has 0 aromatic heterocycles. The first kappa shape index (κ1) is 11.6. The predicted molar refractivity (Wildman–Crippen MR) is 49.6 cm³/mol. The zero-order valence-corrected chi connectivity index (χ0v) is 7.68. The molecule has 0 fully saturated rings. The predicted octanol–water partition coefficient (Wildman–Crippen LogP) is -0.421. The average Bonchev–Trinajstić information content (AvgIpc) is 2.03. The standard InChI is InChI=1S/C8H19N3O/c1-7(12)8(10)4-2-3-5-11-6-9/h8,11H,2-6,9-10H2,1H3. The van der Waals surface area contributed by atoms with Crippen LogP contribution in [-0.4, -0.2) is 25.0 Å². The summed E-state index contributed by atoms with van der Waals surface area (Å²) >= 11 is 0. The lowest BCUT2D eigenvalue weighted by molar-refractivity contribution is -0.118. The van der Waals surface area contributed by atoms with Gasteiger partial charge in [0.1, 0.15) is 5.78 Å². The molecular formula is C8H19N3O. The van der Waals surface area contributed by atoms with Crippen LogP contribution in [0.5, 0.6) is 0 Å². The van der Waals surface area contributed by atoms with E-state index >= 15 is 0 Å². The summed E-state index contributed by atoms with van der Waals surface area (Å²) in [5.74, 6) is 0.0711. The molecule has 0 aliphatic carbocycles. The first-order valence-corrected chi connectivity index (χ1v) is 4.35. The summed E-state index contributed by atoms with van der Waals surface area (Å²) in [6, 6.07) is -0.275. The molecule has 5 N–H and O–H groups in total. The molecule has 0 spiro atoms. The highest BCUT2D eigenvalue weighted by atomic mass is 16.1. The Labute approximate surface area is 73.7 Å². The third-order valence-corrected chi connectivity index (χ3v) is 1.79. The molecule has 0 heterocycles. The molecule has 0 aliphatic rings. The summed E-state index contributed by atoms with van der Waals surface area (Å²) in [4.78, 5) is 10.7. The Morgan fingerprint density at radius 3 is 2.67 bits per heavy atom. The Bertz CT molecular complexity index is 127. The monoisotopic (exact) mass is 173 g/mol. The second kappa shape index (κ2) is 7.21. The van der Waals surface area contributed by atoms with Gasteiger partial charge in [0.25, 0.3) is 0 Å². The quantitative estimate of drug-likeness (QED) is 0.361. The zero-order chi connectivity index (χ0) is 9.40. The SMILES string of the molecule is CC(=O)C(N)CCCCNCN. The smallest absolute Gasteiger partial charge is 0.146 e. The summed E-state index contributed by atoms with van der Waals surface area (Å²) in [5.41, 5.74) is 10.8. The zero-order valence-electron chi connectivity index (χ0n) is 7.68. The molecule has 0 aromatic carbocycles. The molecule has 0 radical (unpaired) electrons. The van der Waals surface area contributed by atoms with Gasteiger partial charge in [-0.25, -0.2) is 0 Å². The number of unbranched alkanes of at least 4 members (excludes halogenated alkanes) is 1. The van der Waals surface area contributed by atoms with Crippen molar-refractivity contribution in [3.63, 3.8) is 0 Å². The molecule has 72 valence electrons. The van der Waals surface area contributed by atoms with Gasteiger partial charge in [0.2, 0.25) is 0 Å². The van der Waals surface area contributed by atoms with Crippen molar-refractivity contribution in [2.75, 3.05) is 13.2 Å². The van der Waals surface area contributed by atoms with Gasteiger partial charge in [-0.2, -0.15) is 0 Å². The fraction of sp³-hybridized carbons (Fsp3) is 0.875. The molecule has 0 aliphatic heterocycles. The maximum atomic E-state index is 10.7. The van der Waals surface area contributed by atoms with E-state index in [4.69, 9.17) is 11.5 Å². The number of carbonyl (C=O) groups is 1. The van der Waals surface area contributed by atoms with Crippen LogP contribution in [0.25, 0.3) is 0 Å². The minimum Gasteiger partial charge on any atom is -0.322 e. The largest absolute Gasteiger partial charge is 0.322 e. The molecule has 4 heteroatoms. The summed E-state index contributed by atoms with van der Waals surface area (Å²) in [5, 5.41) is 3.00. The normalized spacial score (nSPS) is 12.9. The Hall–Kier alpha value is -0.450. The lowest BCUT2D eigenvalue weighted by atomic mass is 10.1. The number of nitrogens with one attached hydrogen (secondary N) is 1. The van der Waals surface area contributed by atoms with E-state index in [1.54, 1.807) is 0 Å². The van der Waals surface area contributed by atoms with Crippen LogP contribution in [-0.2, 0) is 4.79 Å².